The first-order chi connectivity index (χ1) is 24.4. The molecule has 1 aliphatic carbocycles. The number of ether oxygens (including phenoxy) is 1. The van der Waals surface area contributed by atoms with Gasteiger partial charge in [-0.25, -0.2) is 17.5 Å². The Morgan fingerprint density at radius 1 is 1.13 bits per heavy atom. The number of carbonyl (C=O) groups excluding carboxylic acids is 5. The van der Waals surface area contributed by atoms with Crippen LogP contribution in [0.1, 0.15) is 93.7 Å². The van der Waals surface area contributed by atoms with Gasteiger partial charge in [0.25, 0.3) is 11.8 Å². The second kappa shape index (κ2) is 15.4. The number of Topliss-reactive ketones (excluding diaryl/α,β-unsaturated/α-hetero) is 1. The van der Waals surface area contributed by atoms with Gasteiger partial charge in [-0.2, -0.15) is 0 Å². The number of hydrogen-bond acceptors (Lipinski definition) is 11. The molecule has 3 aliphatic rings. The fraction of sp³-hybridized carbons (Fsp3) is 0.618. The van der Waals surface area contributed by atoms with Crippen LogP contribution in [-0.2, 0) is 39.4 Å². The van der Waals surface area contributed by atoms with Crippen LogP contribution in [0.4, 0.5) is 4.39 Å². The molecule has 1 aromatic carbocycles. The van der Waals surface area contributed by atoms with E-state index in [4.69, 9.17) is 10.5 Å². The lowest BCUT2D eigenvalue weighted by Gasteiger charge is -2.37. The molecule has 3 atom stereocenters. The van der Waals surface area contributed by atoms with Crippen molar-refractivity contribution >= 4 is 39.2 Å². The topological polar surface area (TPSA) is 233 Å². The number of aromatic nitrogens is 3. The standard InChI is InChI=1S/C34H46FN7O9S/c1-33(2,48)27-18-37-40-42(27)22-17-25(31(46)39-34(28(43)29(36)44)11-13-51-14-12-34)41(19-22)32(47)24(15-20-7-5-4-6-8-20)38-30(45)21-9-10-26(23(35)16-21)52(3,49)50/h9-10,16,18,20,22,24-25,48H,4-8,11-15,17,19H2,1-3H3,(H2,36,44)(H,38,45)(H,39,46)/t22-,24+,25-/m0/s1. The Morgan fingerprint density at radius 2 is 1.81 bits per heavy atom. The van der Waals surface area contributed by atoms with Crippen LogP contribution in [0.3, 0.4) is 0 Å². The summed E-state index contributed by atoms with van der Waals surface area (Å²) in [5.74, 6) is -5.47. The molecule has 16 nitrogen and oxygen atoms in total. The smallest absolute Gasteiger partial charge is 0.287 e. The number of carbonyl (C=O) groups is 5. The summed E-state index contributed by atoms with van der Waals surface area (Å²) in [7, 11) is -3.91. The second-order valence-electron chi connectivity index (χ2n) is 14.6. The molecule has 2 saturated heterocycles. The maximum absolute atomic E-state index is 14.8. The predicted molar refractivity (Wildman–Crippen MR) is 182 cm³/mol. The summed E-state index contributed by atoms with van der Waals surface area (Å²) in [6.07, 6.45) is 6.86. The van der Waals surface area contributed by atoms with Gasteiger partial charge in [-0.15, -0.1) is 5.10 Å². The van der Waals surface area contributed by atoms with Gasteiger partial charge in [-0.1, -0.05) is 37.3 Å². The predicted octanol–water partition coefficient (Wildman–Crippen LogP) is 0.679. The summed E-state index contributed by atoms with van der Waals surface area (Å²) in [6, 6.07) is -0.150. The van der Waals surface area contributed by atoms with Crippen LogP contribution in [0.2, 0.25) is 0 Å². The van der Waals surface area contributed by atoms with Crippen LogP contribution in [0.15, 0.2) is 29.3 Å². The monoisotopic (exact) mass is 747 g/mol. The van der Waals surface area contributed by atoms with E-state index < -0.39 is 79.2 Å². The summed E-state index contributed by atoms with van der Waals surface area (Å²) in [5, 5.41) is 24.4. The van der Waals surface area contributed by atoms with Gasteiger partial charge in [0, 0.05) is 50.8 Å². The number of halogens is 1. The molecule has 3 fully saturated rings. The van der Waals surface area contributed by atoms with Crippen LogP contribution in [0, 0.1) is 11.7 Å². The van der Waals surface area contributed by atoms with Crippen molar-refractivity contribution in [1.29, 1.82) is 0 Å². The average molecular weight is 748 g/mol. The van der Waals surface area contributed by atoms with Gasteiger partial charge in [0.1, 0.15) is 33.9 Å². The molecule has 4 amide bonds. The van der Waals surface area contributed by atoms with Crippen molar-refractivity contribution in [1.82, 2.24) is 30.5 Å². The molecule has 5 N–H and O–H groups in total. The Labute approximate surface area is 300 Å². The minimum Gasteiger partial charge on any atom is -0.384 e. The Morgan fingerprint density at radius 3 is 2.40 bits per heavy atom. The number of sulfone groups is 1. The number of nitrogens with zero attached hydrogens (tertiary/aromatic N) is 4. The molecular formula is C34H46FN7O9S. The van der Waals surface area contributed by atoms with Gasteiger partial charge in [-0.05, 0) is 44.4 Å². The Balaban J connectivity index is 1.50. The summed E-state index contributed by atoms with van der Waals surface area (Å²) >= 11 is 0. The van der Waals surface area contributed by atoms with Gasteiger partial charge in [0.2, 0.25) is 17.6 Å². The number of nitrogens with one attached hydrogen (secondary N) is 2. The first-order valence-corrected chi connectivity index (χ1v) is 19.3. The Bertz CT molecular complexity index is 1810. The highest BCUT2D eigenvalue weighted by Gasteiger charge is 2.49. The van der Waals surface area contributed by atoms with E-state index in [1.807, 2.05) is 0 Å². The van der Waals surface area contributed by atoms with E-state index in [1.165, 1.54) is 29.6 Å². The van der Waals surface area contributed by atoms with Crippen molar-refractivity contribution in [3.05, 3.63) is 41.5 Å². The van der Waals surface area contributed by atoms with Crippen LogP contribution >= 0.6 is 0 Å². The van der Waals surface area contributed by atoms with E-state index >= 15 is 0 Å². The van der Waals surface area contributed by atoms with Gasteiger partial charge < -0.3 is 31.1 Å². The third kappa shape index (κ3) is 8.50. The van der Waals surface area contributed by atoms with Gasteiger partial charge >= 0.3 is 0 Å². The van der Waals surface area contributed by atoms with E-state index in [1.54, 1.807) is 0 Å². The maximum atomic E-state index is 14.8. The van der Waals surface area contributed by atoms with Crippen molar-refractivity contribution in [3.8, 4) is 0 Å². The number of benzene rings is 1. The van der Waals surface area contributed by atoms with Crippen LogP contribution in [0.25, 0.3) is 0 Å². The highest BCUT2D eigenvalue weighted by Crippen LogP contribution is 2.34. The second-order valence-corrected chi connectivity index (χ2v) is 16.6. The quantitative estimate of drug-likeness (QED) is 0.221. The van der Waals surface area contributed by atoms with Crippen molar-refractivity contribution in [2.75, 3.05) is 26.0 Å². The Kier molecular flexibility index (Phi) is 11.5. The number of likely N-dealkylation sites (tertiary alicyclic amines) is 1. The minimum atomic E-state index is -3.91. The number of primary amides is 1. The van der Waals surface area contributed by atoms with Gasteiger partial charge in [0.15, 0.2) is 9.84 Å². The number of amides is 4. The van der Waals surface area contributed by atoms with E-state index in [-0.39, 0.29) is 56.9 Å². The van der Waals surface area contributed by atoms with Crippen molar-refractivity contribution in [2.45, 2.75) is 106 Å². The van der Waals surface area contributed by atoms with Gasteiger partial charge in [-0.3, -0.25) is 24.0 Å². The molecule has 52 heavy (non-hydrogen) atoms. The molecule has 5 rings (SSSR count). The van der Waals surface area contributed by atoms with Crippen LogP contribution in [0.5, 0.6) is 0 Å². The molecule has 0 bridgehead atoms. The zero-order chi connectivity index (χ0) is 38.0. The van der Waals surface area contributed by atoms with E-state index in [0.29, 0.717) is 5.69 Å². The number of ketones is 1. The van der Waals surface area contributed by atoms with Crippen molar-refractivity contribution in [3.63, 3.8) is 0 Å². The normalized spacial score (nSPS) is 21.7. The fourth-order valence-corrected chi connectivity index (χ4v) is 8.21. The van der Waals surface area contributed by atoms with Crippen LogP contribution in [-0.4, -0.2) is 106 Å². The maximum Gasteiger partial charge on any atom is 0.287 e. The number of aliphatic hydroxyl groups is 1. The molecule has 1 saturated carbocycles. The minimum absolute atomic E-state index is 0.0222. The third-order valence-electron chi connectivity index (χ3n) is 10.3. The van der Waals surface area contributed by atoms with Crippen molar-refractivity contribution in [2.24, 2.45) is 11.7 Å². The van der Waals surface area contributed by atoms with Crippen LogP contribution < -0.4 is 16.4 Å². The molecule has 0 unspecified atom stereocenters. The first-order valence-electron chi connectivity index (χ1n) is 17.4. The zero-order valence-corrected chi connectivity index (χ0v) is 30.3. The fourth-order valence-electron chi connectivity index (χ4n) is 7.48. The van der Waals surface area contributed by atoms with E-state index in [9.17, 15) is 41.9 Å². The zero-order valence-electron chi connectivity index (χ0n) is 29.5. The lowest BCUT2D eigenvalue weighted by atomic mass is 9.84. The average Bonchev–Trinajstić information content (AvgIpc) is 3.76. The highest BCUT2D eigenvalue weighted by atomic mass is 32.2. The summed E-state index contributed by atoms with van der Waals surface area (Å²) in [6.45, 7) is 3.12. The summed E-state index contributed by atoms with van der Waals surface area (Å²) in [5.41, 5.74) is 2.45. The Hall–Kier alpha value is -4.29. The number of nitrogens with two attached hydrogens (primary N) is 1. The molecule has 1 aromatic heterocycles. The van der Waals surface area contributed by atoms with E-state index in [0.717, 1.165) is 56.6 Å². The third-order valence-corrected chi connectivity index (χ3v) is 11.4. The molecule has 2 aliphatic heterocycles. The summed E-state index contributed by atoms with van der Waals surface area (Å²) < 4.78 is 45.6. The first kappa shape index (κ1) is 38.9. The number of hydrogen-bond donors (Lipinski definition) is 4. The molecule has 3 heterocycles. The molecule has 18 heteroatoms. The molecule has 2 aromatic rings. The SMILES string of the molecule is CC(C)(O)c1cnnn1[C@H]1C[C@@H](C(=O)NC2(C(=O)C(N)=O)CCOCC2)N(C(=O)[C@@H](CC2CCCCC2)NC(=O)c2ccc(S(C)(=O)=O)c(F)c2)C1. The molecule has 0 radical (unpaired) electrons. The van der Waals surface area contributed by atoms with E-state index in [2.05, 4.69) is 20.9 Å². The largest absolute Gasteiger partial charge is 0.384 e. The number of rotatable bonds is 12. The lowest BCUT2D eigenvalue weighted by molar-refractivity contribution is -0.147. The molecule has 0 spiro atoms. The highest BCUT2D eigenvalue weighted by molar-refractivity contribution is 7.90. The van der Waals surface area contributed by atoms with Crippen molar-refractivity contribution < 1.29 is 46.6 Å². The lowest BCUT2D eigenvalue weighted by Crippen LogP contribution is -2.64. The molecule has 284 valence electrons. The van der Waals surface area contributed by atoms with Gasteiger partial charge in [0.05, 0.1) is 17.9 Å². The summed E-state index contributed by atoms with van der Waals surface area (Å²) in [4.78, 5) is 68.4. The molecular weight excluding hydrogens is 701 g/mol.